The Hall–Kier alpha value is -1.92. The molecule has 5 nitrogen and oxygen atoms in total. The number of aromatic hydroxyl groups is 1. The lowest BCUT2D eigenvalue weighted by molar-refractivity contribution is 0.0680. The number of halogens is 2. The van der Waals surface area contributed by atoms with Gasteiger partial charge in [-0.2, -0.15) is 0 Å². The van der Waals surface area contributed by atoms with Crippen LogP contribution < -0.4 is 5.73 Å². The fraction of sp³-hybridized carbons (Fsp3) is 0.143. The van der Waals surface area contributed by atoms with Crippen molar-refractivity contribution in [1.82, 2.24) is 4.98 Å². The summed E-state index contributed by atoms with van der Waals surface area (Å²) >= 11 is 0. The number of aromatic nitrogens is 1. The van der Waals surface area contributed by atoms with Crippen LogP contribution >= 0.6 is 0 Å². The van der Waals surface area contributed by atoms with Crippen molar-refractivity contribution in [3.8, 4) is 5.75 Å². The molecule has 0 atom stereocenters. The average Bonchev–Trinajstić information content (AvgIpc) is 2.07. The Morgan fingerprint density at radius 1 is 1.57 bits per heavy atom. The molecule has 1 heterocycles. The summed E-state index contributed by atoms with van der Waals surface area (Å²) in [5.74, 6) is -3.11. The quantitative estimate of drug-likeness (QED) is 0.667. The van der Waals surface area contributed by atoms with E-state index >= 15 is 0 Å². The number of pyridine rings is 1. The van der Waals surface area contributed by atoms with Gasteiger partial charge in [-0.25, -0.2) is 18.6 Å². The molecule has 7 heteroatoms. The first kappa shape index (κ1) is 10.2. The SMILES string of the molecule is Nc1ncc(O)c(C(=O)O)c1C(F)F. The summed E-state index contributed by atoms with van der Waals surface area (Å²) in [5.41, 5.74) is 3.19. The molecule has 0 saturated carbocycles. The Morgan fingerprint density at radius 3 is 2.50 bits per heavy atom. The molecule has 1 aromatic rings. The van der Waals surface area contributed by atoms with Crippen LogP contribution in [0, 0.1) is 0 Å². The number of alkyl halides is 2. The number of nitrogens with zero attached hydrogens (tertiary/aromatic N) is 1. The van der Waals surface area contributed by atoms with Crippen LogP contribution in [0.15, 0.2) is 6.20 Å². The summed E-state index contributed by atoms with van der Waals surface area (Å²) in [5, 5.41) is 17.5. The fourth-order valence-corrected chi connectivity index (χ4v) is 0.976. The smallest absolute Gasteiger partial charge is 0.340 e. The van der Waals surface area contributed by atoms with Crippen molar-refractivity contribution in [2.75, 3.05) is 5.73 Å². The maximum absolute atomic E-state index is 12.3. The first-order chi connectivity index (χ1) is 6.45. The molecule has 0 bridgehead atoms. The predicted octanol–water partition coefficient (Wildman–Crippen LogP) is 1.01. The van der Waals surface area contributed by atoms with Crippen LogP contribution in [0.25, 0.3) is 0 Å². The summed E-state index contributed by atoms with van der Waals surface area (Å²) in [4.78, 5) is 13.8. The number of carbonyl (C=O) groups is 1. The molecule has 0 aliphatic heterocycles. The Morgan fingerprint density at radius 2 is 2.14 bits per heavy atom. The highest BCUT2D eigenvalue weighted by molar-refractivity contribution is 5.93. The number of aromatic carboxylic acids is 1. The van der Waals surface area contributed by atoms with E-state index in [9.17, 15) is 13.6 Å². The van der Waals surface area contributed by atoms with Gasteiger partial charge in [-0.15, -0.1) is 0 Å². The topological polar surface area (TPSA) is 96.4 Å². The highest BCUT2D eigenvalue weighted by Gasteiger charge is 2.25. The monoisotopic (exact) mass is 204 g/mol. The minimum Gasteiger partial charge on any atom is -0.505 e. The molecular weight excluding hydrogens is 198 g/mol. The molecule has 1 rings (SSSR count). The lowest BCUT2D eigenvalue weighted by atomic mass is 10.1. The zero-order valence-corrected chi connectivity index (χ0v) is 6.74. The maximum Gasteiger partial charge on any atom is 0.340 e. The van der Waals surface area contributed by atoms with E-state index in [1.54, 1.807) is 0 Å². The van der Waals surface area contributed by atoms with Crippen molar-refractivity contribution in [1.29, 1.82) is 0 Å². The number of carboxylic acids is 1. The van der Waals surface area contributed by atoms with Gasteiger partial charge in [-0.05, 0) is 0 Å². The van der Waals surface area contributed by atoms with E-state index in [0.717, 1.165) is 0 Å². The van der Waals surface area contributed by atoms with Crippen LogP contribution in [0.1, 0.15) is 22.3 Å². The van der Waals surface area contributed by atoms with E-state index in [1.807, 2.05) is 0 Å². The Kier molecular flexibility index (Phi) is 2.50. The molecule has 0 spiro atoms. The standard InChI is InChI=1S/C7H6F2N2O3/c8-5(9)4-3(7(13)14)2(12)1-11-6(4)10/h1,5,12H,(H2,10,11)(H,13,14). The molecule has 0 aliphatic rings. The van der Waals surface area contributed by atoms with E-state index in [1.165, 1.54) is 0 Å². The van der Waals surface area contributed by atoms with E-state index < -0.39 is 35.1 Å². The third kappa shape index (κ3) is 1.56. The van der Waals surface area contributed by atoms with Gasteiger partial charge in [-0.3, -0.25) is 0 Å². The second-order valence-electron chi connectivity index (χ2n) is 2.42. The number of rotatable bonds is 2. The predicted molar refractivity (Wildman–Crippen MR) is 42.2 cm³/mol. The zero-order valence-electron chi connectivity index (χ0n) is 6.74. The van der Waals surface area contributed by atoms with Gasteiger partial charge in [0.15, 0.2) is 0 Å². The summed E-state index contributed by atoms with van der Waals surface area (Å²) in [6.45, 7) is 0. The molecule has 0 unspecified atom stereocenters. The third-order valence-corrected chi connectivity index (χ3v) is 1.56. The number of hydrogen-bond acceptors (Lipinski definition) is 4. The molecule has 0 aromatic carbocycles. The highest BCUT2D eigenvalue weighted by atomic mass is 19.3. The maximum atomic E-state index is 12.3. The van der Waals surface area contributed by atoms with Gasteiger partial charge < -0.3 is 15.9 Å². The molecule has 0 aliphatic carbocycles. The number of nitrogens with two attached hydrogens (primary N) is 1. The molecule has 0 radical (unpaired) electrons. The van der Waals surface area contributed by atoms with Crippen molar-refractivity contribution in [2.45, 2.75) is 6.43 Å². The largest absolute Gasteiger partial charge is 0.505 e. The molecular formula is C7H6F2N2O3. The van der Waals surface area contributed by atoms with Gasteiger partial charge in [-0.1, -0.05) is 0 Å². The van der Waals surface area contributed by atoms with Crippen LogP contribution in [0.5, 0.6) is 5.75 Å². The number of carboxylic acid groups (broad SMARTS) is 1. The summed E-state index contributed by atoms with van der Waals surface area (Å²) < 4.78 is 24.7. The Balaban J connectivity index is 3.50. The van der Waals surface area contributed by atoms with Crippen molar-refractivity contribution < 1.29 is 23.8 Å². The second-order valence-corrected chi connectivity index (χ2v) is 2.42. The third-order valence-electron chi connectivity index (χ3n) is 1.56. The average molecular weight is 204 g/mol. The van der Waals surface area contributed by atoms with Gasteiger partial charge in [0.25, 0.3) is 6.43 Å². The Labute approximate surface area is 76.8 Å². The summed E-state index contributed by atoms with van der Waals surface area (Å²) in [7, 11) is 0. The van der Waals surface area contributed by atoms with Gasteiger partial charge in [0.1, 0.15) is 17.1 Å². The van der Waals surface area contributed by atoms with Gasteiger partial charge in [0.05, 0.1) is 11.8 Å². The van der Waals surface area contributed by atoms with Gasteiger partial charge in [0.2, 0.25) is 0 Å². The van der Waals surface area contributed by atoms with Crippen LogP contribution in [-0.4, -0.2) is 21.2 Å². The molecule has 76 valence electrons. The van der Waals surface area contributed by atoms with Crippen LogP contribution in [0.2, 0.25) is 0 Å². The molecule has 4 N–H and O–H groups in total. The second kappa shape index (κ2) is 3.44. The van der Waals surface area contributed by atoms with E-state index in [-0.39, 0.29) is 0 Å². The number of anilines is 1. The normalized spacial score (nSPS) is 10.5. The van der Waals surface area contributed by atoms with Crippen LogP contribution in [-0.2, 0) is 0 Å². The first-order valence-electron chi connectivity index (χ1n) is 3.44. The van der Waals surface area contributed by atoms with Crippen molar-refractivity contribution in [3.05, 3.63) is 17.3 Å². The summed E-state index contributed by atoms with van der Waals surface area (Å²) in [6.07, 6.45) is -2.38. The zero-order chi connectivity index (χ0) is 10.9. The van der Waals surface area contributed by atoms with E-state index in [2.05, 4.69) is 4.98 Å². The summed E-state index contributed by atoms with van der Waals surface area (Å²) in [6, 6.07) is 0. The molecule has 14 heavy (non-hydrogen) atoms. The first-order valence-corrected chi connectivity index (χ1v) is 3.44. The van der Waals surface area contributed by atoms with Crippen molar-refractivity contribution >= 4 is 11.8 Å². The molecule has 0 amide bonds. The number of nitrogen functional groups attached to an aromatic ring is 1. The van der Waals surface area contributed by atoms with E-state index in [0.29, 0.717) is 6.20 Å². The van der Waals surface area contributed by atoms with Crippen molar-refractivity contribution in [2.24, 2.45) is 0 Å². The minimum atomic E-state index is -3.10. The number of hydrogen-bond donors (Lipinski definition) is 3. The highest BCUT2D eigenvalue weighted by Crippen LogP contribution is 2.32. The lowest BCUT2D eigenvalue weighted by Gasteiger charge is -2.08. The fourth-order valence-electron chi connectivity index (χ4n) is 0.976. The van der Waals surface area contributed by atoms with Crippen molar-refractivity contribution in [3.63, 3.8) is 0 Å². The van der Waals surface area contributed by atoms with Gasteiger partial charge >= 0.3 is 5.97 Å². The van der Waals surface area contributed by atoms with Crippen LogP contribution in [0.3, 0.4) is 0 Å². The van der Waals surface area contributed by atoms with Gasteiger partial charge in [0, 0.05) is 0 Å². The van der Waals surface area contributed by atoms with Crippen LogP contribution in [0.4, 0.5) is 14.6 Å². The van der Waals surface area contributed by atoms with E-state index in [4.69, 9.17) is 15.9 Å². The Bertz CT molecular complexity index is 381. The molecule has 1 aromatic heterocycles. The molecule has 0 saturated heterocycles. The minimum absolute atomic E-state index is 0.602. The molecule has 0 fully saturated rings. The lowest BCUT2D eigenvalue weighted by Crippen LogP contribution is -2.08.